The molecule has 200 valence electrons. The van der Waals surface area contributed by atoms with E-state index in [0.717, 1.165) is 0 Å². The van der Waals surface area contributed by atoms with Gasteiger partial charge in [-0.2, -0.15) is 0 Å². The molecule has 4 aromatic heterocycles. The molecular formula is C24H28N8O6. The molecule has 0 saturated carbocycles. The van der Waals surface area contributed by atoms with Crippen molar-refractivity contribution >= 4 is 17.5 Å². The SMILES string of the molecule is CN1CCC(O)C1=O.COc1nn(C(CO)CO)cc1Nc1nccc(-c2cccc(-c3ccon3)n2)n1. The summed E-state index contributed by atoms with van der Waals surface area (Å²) in [5.41, 5.74) is 3.03. The van der Waals surface area contributed by atoms with Crippen molar-refractivity contribution in [3.8, 4) is 28.7 Å². The second-order valence-electron chi connectivity index (χ2n) is 8.30. The lowest BCUT2D eigenvalue weighted by Crippen LogP contribution is -2.24. The fourth-order valence-corrected chi connectivity index (χ4v) is 3.57. The number of nitrogens with one attached hydrogen (secondary N) is 1. The van der Waals surface area contributed by atoms with Gasteiger partial charge in [0.2, 0.25) is 5.95 Å². The zero-order valence-corrected chi connectivity index (χ0v) is 20.8. The lowest BCUT2D eigenvalue weighted by molar-refractivity contribution is -0.133. The molecule has 4 aromatic rings. The Kier molecular flexibility index (Phi) is 8.58. The Morgan fingerprint density at radius 1 is 1.13 bits per heavy atom. The van der Waals surface area contributed by atoms with E-state index in [0.29, 0.717) is 47.4 Å². The van der Waals surface area contributed by atoms with Crippen LogP contribution in [0.25, 0.3) is 22.8 Å². The molecule has 1 fully saturated rings. The van der Waals surface area contributed by atoms with Gasteiger partial charge in [-0.15, -0.1) is 5.10 Å². The number of likely N-dealkylation sites (tertiary alicyclic amines) is 1. The number of carbonyl (C=O) groups is 1. The number of aromatic nitrogens is 6. The van der Waals surface area contributed by atoms with Crippen LogP contribution in [-0.2, 0) is 4.79 Å². The molecule has 0 aliphatic carbocycles. The highest BCUT2D eigenvalue weighted by molar-refractivity contribution is 5.82. The van der Waals surface area contributed by atoms with Crippen molar-refractivity contribution in [1.82, 2.24) is 34.8 Å². The summed E-state index contributed by atoms with van der Waals surface area (Å²) in [5.74, 6) is 0.440. The van der Waals surface area contributed by atoms with Gasteiger partial charge in [0.1, 0.15) is 23.7 Å². The average Bonchev–Trinajstić information content (AvgIpc) is 3.69. The number of rotatable bonds is 8. The first-order valence-corrected chi connectivity index (χ1v) is 11.7. The van der Waals surface area contributed by atoms with E-state index in [1.54, 1.807) is 31.6 Å². The number of likely N-dealkylation sites (N-methyl/N-ethyl adjacent to an activating group) is 1. The van der Waals surface area contributed by atoms with Gasteiger partial charge < -0.3 is 34.8 Å². The third-order valence-electron chi connectivity index (χ3n) is 5.70. The molecular weight excluding hydrogens is 496 g/mol. The van der Waals surface area contributed by atoms with Gasteiger partial charge in [0.05, 0.1) is 49.6 Å². The van der Waals surface area contributed by atoms with E-state index in [9.17, 15) is 15.0 Å². The summed E-state index contributed by atoms with van der Waals surface area (Å²) in [5, 5.41) is 38.7. The largest absolute Gasteiger partial charge is 0.478 e. The Labute approximate surface area is 217 Å². The predicted octanol–water partition coefficient (Wildman–Crippen LogP) is 0.877. The number of nitrogens with zero attached hydrogens (tertiary/aromatic N) is 7. The minimum absolute atomic E-state index is 0.148. The second kappa shape index (κ2) is 12.2. The molecule has 5 rings (SSSR count). The smallest absolute Gasteiger partial charge is 0.256 e. The topological polar surface area (TPSA) is 185 Å². The van der Waals surface area contributed by atoms with E-state index < -0.39 is 12.1 Å². The van der Waals surface area contributed by atoms with Crippen LogP contribution in [0.15, 0.2) is 53.5 Å². The summed E-state index contributed by atoms with van der Waals surface area (Å²) in [6.07, 6.45) is 4.57. The first kappa shape index (κ1) is 26.7. The van der Waals surface area contributed by atoms with Gasteiger partial charge in [-0.05, 0) is 24.6 Å². The normalized spacial score (nSPS) is 14.9. The van der Waals surface area contributed by atoms with Crippen molar-refractivity contribution in [2.45, 2.75) is 18.6 Å². The van der Waals surface area contributed by atoms with Crippen LogP contribution in [0.4, 0.5) is 11.6 Å². The van der Waals surface area contributed by atoms with E-state index in [2.05, 4.69) is 30.5 Å². The molecule has 14 nitrogen and oxygen atoms in total. The van der Waals surface area contributed by atoms with E-state index in [-0.39, 0.29) is 25.0 Å². The molecule has 1 unspecified atom stereocenters. The van der Waals surface area contributed by atoms with Gasteiger partial charge in [-0.25, -0.2) is 15.0 Å². The third-order valence-corrected chi connectivity index (χ3v) is 5.70. The van der Waals surface area contributed by atoms with Gasteiger partial charge in [0.25, 0.3) is 11.8 Å². The van der Waals surface area contributed by atoms with Crippen LogP contribution in [0.2, 0.25) is 0 Å². The average molecular weight is 525 g/mol. The zero-order valence-electron chi connectivity index (χ0n) is 20.8. The van der Waals surface area contributed by atoms with Crippen LogP contribution in [0, 0.1) is 0 Å². The molecule has 1 amide bonds. The number of aliphatic hydroxyl groups is 3. The Morgan fingerprint density at radius 2 is 1.87 bits per heavy atom. The summed E-state index contributed by atoms with van der Waals surface area (Å²) >= 11 is 0. The number of pyridine rings is 1. The Morgan fingerprint density at radius 3 is 2.45 bits per heavy atom. The van der Waals surface area contributed by atoms with Crippen LogP contribution in [0.5, 0.6) is 5.88 Å². The molecule has 4 N–H and O–H groups in total. The second-order valence-corrected chi connectivity index (χ2v) is 8.30. The highest BCUT2D eigenvalue weighted by Crippen LogP contribution is 2.27. The molecule has 1 atom stereocenters. The van der Waals surface area contributed by atoms with Gasteiger partial charge in [0.15, 0.2) is 0 Å². The first-order chi connectivity index (χ1) is 18.4. The van der Waals surface area contributed by atoms with Crippen molar-refractivity contribution in [3.05, 3.63) is 49.0 Å². The quantitative estimate of drug-likeness (QED) is 0.255. The Balaban J connectivity index is 0.000000360. The van der Waals surface area contributed by atoms with E-state index >= 15 is 0 Å². The van der Waals surface area contributed by atoms with Crippen LogP contribution < -0.4 is 10.1 Å². The zero-order chi connectivity index (χ0) is 27.1. The van der Waals surface area contributed by atoms with Crippen LogP contribution in [0.3, 0.4) is 0 Å². The van der Waals surface area contributed by atoms with Crippen molar-refractivity contribution in [2.75, 3.05) is 39.2 Å². The summed E-state index contributed by atoms with van der Waals surface area (Å²) in [7, 11) is 3.17. The molecule has 0 spiro atoms. The fourth-order valence-electron chi connectivity index (χ4n) is 3.57. The third kappa shape index (κ3) is 6.11. The van der Waals surface area contributed by atoms with Crippen molar-refractivity contribution in [2.24, 2.45) is 0 Å². The number of amides is 1. The minimum atomic E-state index is -0.722. The van der Waals surface area contributed by atoms with E-state index in [4.69, 9.17) is 14.4 Å². The highest BCUT2D eigenvalue weighted by Gasteiger charge is 2.26. The molecule has 5 heterocycles. The Hall–Kier alpha value is -4.40. The highest BCUT2D eigenvalue weighted by atomic mass is 16.5. The van der Waals surface area contributed by atoms with Gasteiger partial charge in [-0.1, -0.05) is 11.2 Å². The van der Waals surface area contributed by atoms with Crippen LogP contribution in [-0.4, -0.2) is 96.0 Å². The number of hydrogen-bond donors (Lipinski definition) is 4. The summed E-state index contributed by atoms with van der Waals surface area (Å²) in [4.78, 5) is 25.4. The number of anilines is 2. The summed E-state index contributed by atoms with van der Waals surface area (Å²) in [6.45, 7) is 0.167. The number of carbonyl (C=O) groups excluding carboxylic acids is 1. The van der Waals surface area contributed by atoms with Crippen LogP contribution >= 0.6 is 0 Å². The molecule has 0 radical (unpaired) electrons. The molecule has 1 aliphatic rings. The molecule has 38 heavy (non-hydrogen) atoms. The van der Waals surface area contributed by atoms with Crippen molar-refractivity contribution in [3.63, 3.8) is 0 Å². The number of hydrogen-bond acceptors (Lipinski definition) is 12. The molecule has 0 aromatic carbocycles. The van der Waals surface area contributed by atoms with Gasteiger partial charge in [-0.3, -0.25) is 9.48 Å². The molecule has 1 saturated heterocycles. The minimum Gasteiger partial charge on any atom is -0.478 e. The van der Waals surface area contributed by atoms with Crippen molar-refractivity contribution in [1.29, 1.82) is 0 Å². The molecule has 0 bridgehead atoms. The number of aliphatic hydroxyl groups excluding tert-OH is 3. The maximum absolute atomic E-state index is 10.6. The standard InChI is InChI=1S/C19H19N7O4.C5H9NO2/c1-29-18-17(9-26(24-18)12(10-27)11-28)23-19-20-7-5-15(22-19)13-3-2-4-14(21-13)16-6-8-30-25-16;1-6-3-2-4(7)5(6)8/h2-9,12,27-28H,10-11H2,1H3,(H,20,22,23);4,7H,2-3H2,1H3. The monoisotopic (exact) mass is 524 g/mol. The number of methoxy groups -OCH3 is 1. The molecule has 1 aliphatic heterocycles. The number of ether oxygens (including phenoxy) is 1. The van der Waals surface area contributed by atoms with Crippen LogP contribution in [0.1, 0.15) is 12.5 Å². The lowest BCUT2D eigenvalue weighted by Gasteiger charge is -2.10. The summed E-state index contributed by atoms with van der Waals surface area (Å²) < 4.78 is 11.6. The maximum Gasteiger partial charge on any atom is 0.256 e. The van der Waals surface area contributed by atoms with Gasteiger partial charge >= 0.3 is 0 Å². The molecule has 14 heteroatoms. The Bertz CT molecular complexity index is 1330. The van der Waals surface area contributed by atoms with Crippen molar-refractivity contribution < 1.29 is 29.4 Å². The van der Waals surface area contributed by atoms with E-state index in [1.807, 2.05) is 18.2 Å². The lowest BCUT2D eigenvalue weighted by atomic mass is 10.2. The predicted molar refractivity (Wildman–Crippen MR) is 134 cm³/mol. The van der Waals surface area contributed by atoms with Gasteiger partial charge in [0, 0.05) is 25.9 Å². The maximum atomic E-state index is 10.6. The van der Waals surface area contributed by atoms with E-state index in [1.165, 1.54) is 23.0 Å². The first-order valence-electron chi connectivity index (χ1n) is 11.7. The fraction of sp³-hybridized carbons (Fsp3) is 0.333. The summed E-state index contributed by atoms with van der Waals surface area (Å²) in [6, 6.07) is 8.42.